The first-order chi connectivity index (χ1) is 9.15. The molecule has 3 rings (SSSR count). The molecule has 2 heterocycles. The van der Waals surface area contributed by atoms with Crippen molar-refractivity contribution in [3.8, 4) is 0 Å². The van der Waals surface area contributed by atoms with Crippen LogP contribution < -0.4 is 4.90 Å². The van der Waals surface area contributed by atoms with Crippen molar-refractivity contribution in [1.29, 1.82) is 0 Å². The van der Waals surface area contributed by atoms with Crippen LogP contribution in [0.15, 0.2) is 0 Å². The zero-order valence-electron chi connectivity index (χ0n) is 11.9. The maximum absolute atomic E-state index is 10.1. The molecule has 0 spiro atoms. The lowest BCUT2D eigenvalue weighted by Crippen LogP contribution is -2.44. The van der Waals surface area contributed by atoms with Crippen LogP contribution in [-0.2, 0) is 12.8 Å². The third-order valence-corrected chi connectivity index (χ3v) is 4.49. The van der Waals surface area contributed by atoms with Crippen LogP contribution in [-0.4, -0.2) is 34.3 Å². The number of rotatable bonds is 1. The van der Waals surface area contributed by atoms with Gasteiger partial charge in [-0.15, -0.1) is 0 Å². The van der Waals surface area contributed by atoms with Gasteiger partial charge >= 0.3 is 0 Å². The summed E-state index contributed by atoms with van der Waals surface area (Å²) in [5.41, 5.74) is 2.57. The van der Waals surface area contributed by atoms with Crippen molar-refractivity contribution in [3.63, 3.8) is 0 Å². The Labute approximate surface area is 114 Å². The first kappa shape index (κ1) is 12.9. The zero-order chi connectivity index (χ0) is 13.4. The number of aromatic nitrogens is 2. The van der Waals surface area contributed by atoms with Crippen LogP contribution in [0.4, 0.5) is 5.82 Å². The van der Waals surface area contributed by atoms with Crippen molar-refractivity contribution in [1.82, 2.24) is 9.97 Å². The molecule has 1 saturated heterocycles. The van der Waals surface area contributed by atoms with Gasteiger partial charge in [-0.2, -0.15) is 0 Å². The first-order valence-corrected chi connectivity index (χ1v) is 7.44. The minimum atomic E-state index is -0.233. The summed E-state index contributed by atoms with van der Waals surface area (Å²) in [4.78, 5) is 11.5. The fourth-order valence-corrected chi connectivity index (χ4v) is 3.20. The van der Waals surface area contributed by atoms with Crippen LogP contribution in [0, 0.1) is 12.8 Å². The maximum atomic E-state index is 10.1. The van der Waals surface area contributed by atoms with Crippen molar-refractivity contribution in [3.05, 3.63) is 17.1 Å². The number of piperidine rings is 1. The smallest absolute Gasteiger partial charge is 0.135 e. The van der Waals surface area contributed by atoms with Gasteiger partial charge in [0.25, 0.3) is 0 Å². The Kier molecular flexibility index (Phi) is 3.44. The average Bonchev–Trinajstić information content (AvgIpc) is 2.41. The highest BCUT2D eigenvalue weighted by molar-refractivity contribution is 5.50. The molecule has 4 heteroatoms. The molecule has 2 atom stereocenters. The molecule has 1 fully saturated rings. The Hall–Kier alpha value is -1.16. The largest absolute Gasteiger partial charge is 0.391 e. The number of aliphatic hydroxyl groups is 1. The summed E-state index contributed by atoms with van der Waals surface area (Å²) in [5.74, 6) is 2.35. The highest BCUT2D eigenvalue weighted by Crippen LogP contribution is 2.30. The molecular formula is C15H23N3O. The summed E-state index contributed by atoms with van der Waals surface area (Å²) in [6.07, 6.45) is 5.45. The molecule has 1 aliphatic heterocycles. The molecule has 1 aliphatic carbocycles. The summed E-state index contributed by atoms with van der Waals surface area (Å²) in [6.45, 7) is 5.81. The monoisotopic (exact) mass is 261 g/mol. The summed E-state index contributed by atoms with van der Waals surface area (Å²) in [7, 11) is 0. The van der Waals surface area contributed by atoms with E-state index in [1.54, 1.807) is 0 Å². The molecule has 2 aliphatic rings. The fraction of sp³-hybridized carbons (Fsp3) is 0.733. The lowest BCUT2D eigenvalue weighted by molar-refractivity contribution is 0.102. The van der Waals surface area contributed by atoms with Crippen LogP contribution >= 0.6 is 0 Å². The van der Waals surface area contributed by atoms with E-state index in [2.05, 4.69) is 21.8 Å². The third-order valence-electron chi connectivity index (χ3n) is 4.49. The van der Waals surface area contributed by atoms with E-state index in [0.717, 1.165) is 37.4 Å². The Morgan fingerprint density at radius 3 is 2.79 bits per heavy atom. The van der Waals surface area contributed by atoms with Gasteiger partial charge in [0.2, 0.25) is 0 Å². The lowest BCUT2D eigenvalue weighted by atomic mass is 9.93. The highest BCUT2D eigenvalue weighted by atomic mass is 16.3. The van der Waals surface area contributed by atoms with Gasteiger partial charge in [0.1, 0.15) is 11.6 Å². The first-order valence-electron chi connectivity index (χ1n) is 7.44. The Bertz CT molecular complexity index is 475. The number of aliphatic hydroxyl groups excluding tert-OH is 1. The third kappa shape index (κ3) is 2.46. The second-order valence-electron chi connectivity index (χ2n) is 6.01. The van der Waals surface area contributed by atoms with Gasteiger partial charge in [0.05, 0.1) is 6.10 Å². The Morgan fingerprint density at radius 2 is 2.00 bits per heavy atom. The molecule has 1 N–H and O–H groups in total. The van der Waals surface area contributed by atoms with Crippen LogP contribution in [0.1, 0.15) is 43.3 Å². The molecule has 1 aromatic rings. The minimum absolute atomic E-state index is 0.233. The molecule has 0 amide bonds. The normalized spacial score (nSPS) is 27.2. The average molecular weight is 261 g/mol. The van der Waals surface area contributed by atoms with E-state index in [9.17, 15) is 5.11 Å². The number of aryl methyl sites for hydroxylation is 2. The predicted octanol–water partition coefficient (Wildman–Crippen LogP) is 1.87. The van der Waals surface area contributed by atoms with Gasteiger partial charge in [0.15, 0.2) is 0 Å². The summed E-state index contributed by atoms with van der Waals surface area (Å²) in [5, 5.41) is 10.1. The van der Waals surface area contributed by atoms with E-state index in [1.165, 1.54) is 24.1 Å². The van der Waals surface area contributed by atoms with Crippen molar-refractivity contribution < 1.29 is 5.11 Å². The lowest BCUT2D eigenvalue weighted by Gasteiger charge is -2.36. The van der Waals surface area contributed by atoms with E-state index < -0.39 is 0 Å². The Morgan fingerprint density at radius 1 is 1.21 bits per heavy atom. The number of nitrogens with zero attached hydrogens (tertiary/aromatic N) is 3. The van der Waals surface area contributed by atoms with E-state index in [1.807, 2.05) is 6.92 Å². The van der Waals surface area contributed by atoms with Crippen molar-refractivity contribution in [2.45, 2.75) is 52.1 Å². The number of hydrogen-bond donors (Lipinski definition) is 1. The van der Waals surface area contributed by atoms with Gasteiger partial charge < -0.3 is 10.0 Å². The number of hydrogen-bond acceptors (Lipinski definition) is 4. The number of fused-ring (bicyclic) bond motifs is 1. The van der Waals surface area contributed by atoms with E-state index in [-0.39, 0.29) is 6.10 Å². The van der Waals surface area contributed by atoms with Gasteiger partial charge in [-0.25, -0.2) is 9.97 Å². The molecule has 0 aromatic carbocycles. The van der Waals surface area contributed by atoms with E-state index in [0.29, 0.717) is 12.5 Å². The van der Waals surface area contributed by atoms with Crippen molar-refractivity contribution in [2.24, 2.45) is 5.92 Å². The van der Waals surface area contributed by atoms with Crippen LogP contribution in [0.3, 0.4) is 0 Å². The van der Waals surface area contributed by atoms with E-state index in [4.69, 9.17) is 0 Å². The topological polar surface area (TPSA) is 49.2 Å². The van der Waals surface area contributed by atoms with Gasteiger partial charge in [-0.1, -0.05) is 6.92 Å². The summed E-state index contributed by atoms with van der Waals surface area (Å²) >= 11 is 0. The van der Waals surface area contributed by atoms with Crippen LogP contribution in [0.5, 0.6) is 0 Å². The summed E-state index contributed by atoms with van der Waals surface area (Å²) in [6, 6.07) is 0. The molecule has 0 bridgehead atoms. The van der Waals surface area contributed by atoms with Crippen molar-refractivity contribution in [2.75, 3.05) is 18.0 Å². The van der Waals surface area contributed by atoms with Crippen molar-refractivity contribution >= 4 is 5.82 Å². The predicted molar refractivity (Wildman–Crippen MR) is 75.4 cm³/mol. The minimum Gasteiger partial charge on any atom is -0.391 e. The molecule has 19 heavy (non-hydrogen) atoms. The second kappa shape index (κ2) is 5.08. The molecule has 104 valence electrons. The van der Waals surface area contributed by atoms with E-state index >= 15 is 0 Å². The van der Waals surface area contributed by atoms with Gasteiger partial charge in [0, 0.05) is 24.3 Å². The van der Waals surface area contributed by atoms with Gasteiger partial charge in [-0.3, -0.25) is 0 Å². The van der Waals surface area contributed by atoms with Crippen LogP contribution in [0.25, 0.3) is 0 Å². The SMILES string of the molecule is Cc1nc2c(c(N3CCC(C)C(O)C3)n1)CCCC2. The number of β-amino-alcohol motifs (C(OH)–C–C–N with tert-alkyl or cyclic N) is 1. The molecular weight excluding hydrogens is 238 g/mol. The molecule has 0 radical (unpaired) electrons. The number of anilines is 1. The second-order valence-corrected chi connectivity index (χ2v) is 6.01. The summed E-state index contributed by atoms with van der Waals surface area (Å²) < 4.78 is 0. The standard InChI is InChI=1S/C15H23N3O/c1-10-7-8-18(9-14(10)19)15-12-5-3-4-6-13(12)16-11(2)17-15/h10,14,19H,3-9H2,1-2H3. The zero-order valence-corrected chi connectivity index (χ0v) is 11.9. The fourth-order valence-electron chi connectivity index (χ4n) is 3.20. The molecule has 4 nitrogen and oxygen atoms in total. The van der Waals surface area contributed by atoms with Crippen LogP contribution in [0.2, 0.25) is 0 Å². The Balaban J connectivity index is 1.93. The molecule has 0 saturated carbocycles. The molecule has 2 unspecified atom stereocenters. The molecule has 1 aromatic heterocycles. The quantitative estimate of drug-likeness (QED) is 0.838. The highest BCUT2D eigenvalue weighted by Gasteiger charge is 2.28. The maximum Gasteiger partial charge on any atom is 0.135 e. The van der Waals surface area contributed by atoms with Gasteiger partial charge in [-0.05, 0) is 44.9 Å².